The third-order valence-corrected chi connectivity index (χ3v) is 10.5. The summed E-state index contributed by atoms with van der Waals surface area (Å²) in [4.78, 5) is 31.5. The molecular weight excluding hydrogens is 992 g/mol. The summed E-state index contributed by atoms with van der Waals surface area (Å²) in [5, 5.41) is 19.6. The normalized spacial score (nSPS) is 11.3. The number of fused-ring (bicyclic) bond motifs is 2. The number of oxazole rings is 2. The van der Waals surface area contributed by atoms with E-state index in [9.17, 15) is 19.8 Å². The fourth-order valence-corrected chi connectivity index (χ4v) is 6.85. The summed E-state index contributed by atoms with van der Waals surface area (Å²) >= 11 is 10.0. The number of esters is 1. The van der Waals surface area contributed by atoms with Crippen LogP contribution in [0.3, 0.4) is 0 Å². The zero-order chi connectivity index (χ0) is 42.8. The maximum Gasteiger partial charge on any atom is 0.349 e. The van der Waals surface area contributed by atoms with Crippen molar-refractivity contribution >= 4 is 81.9 Å². The summed E-state index contributed by atoms with van der Waals surface area (Å²) in [6, 6.07) is 39.3. The molecule has 2 aromatic heterocycles. The predicted octanol–water partition coefficient (Wildman–Crippen LogP) is 13.0. The van der Waals surface area contributed by atoms with E-state index in [2.05, 4.69) is 62.5 Å². The van der Waals surface area contributed by atoms with E-state index < -0.39 is 16.9 Å². The number of aromatic nitrogens is 2. The number of hydrogen-bond acceptors (Lipinski definition) is 11. The van der Waals surface area contributed by atoms with Gasteiger partial charge in [-0.2, -0.15) is 0 Å². The molecule has 8 aromatic rings. The molecule has 0 radical (unpaired) electrons. The molecule has 8 rings (SSSR count). The van der Waals surface area contributed by atoms with Gasteiger partial charge < -0.3 is 38.0 Å². The highest BCUT2D eigenvalue weighted by Crippen LogP contribution is 2.37. The molecule has 0 fully saturated rings. The number of carbonyl (C=O) groups is 2. The number of aliphatic carboxylic acids is 1. The summed E-state index contributed by atoms with van der Waals surface area (Å²) in [7, 11) is 4.47. The number of carboxylic acids is 1. The highest BCUT2D eigenvalue weighted by atomic mass is 79.9. The van der Waals surface area contributed by atoms with Gasteiger partial charge in [-0.25, -0.2) is 14.8 Å². The fraction of sp³-hybridized carbons (Fsp3) is 0.149. The Morgan fingerprint density at radius 1 is 0.629 bits per heavy atom. The summed E-state index contributed by atoms with van der Waals surface area (Å²) in [6.45, 7) is 0. The quantitative estimate of drug-likeness (QED) is 0.0986. The van der Waals surface area contributed by atoms with Crippen LogP contribution in [0, 0.1) is 0 Å². The van der Waals surface area contributed by atoms with Crippen LogP contribution in [0.4, 0.5) is 0 Å². The smallest absolute Gasteiger partial charge is 0.349 e. The van der Waals surface area contributed by atoms with E-state index in [1.165, 1.54) is 14.2 Å². The van der Waals surface area contributed by atoms with Crippen LogP contribution in [-0.2, 0) is 14.3 Å². The first kappa shape index (κ1) is 48.5. The second-order valence-corrected chi connectivity index (χ2v) is 15.3. The fourth-order valence-electron chi connectivity index (χ4n) is 5.66. The average molecular weight is 1040 g/mol. The monoisotopic (exact) mass is 1030 g/mol. The number of nitrogens with zero attached hydrogens (tertiary/aromatic N) is 2. The van der Waals surface area contributed by atoms with E-state index in [0.717, 1.165) is 25.8 Å². The Bertz CT molecular complexity index is 2690. The molecule has 0 aliphatic carbocycles. The standard InChI is InChI=1S/C22H16BrNO5.C13H8BrNO2.C10H11BrO3.2CH4/c1-27-15-6-4-5-13(11-15)20(22(25)26)28-18-10-9-14(23)12-16(18)21-24-17-7-2-3-8-19(17)29-21;14-8-5-6-11(16)9(7-8)13-15-10-3-1-2-4-12(10)17-13;1-13-8-5-3-4-7(6-8)9(11)10(12)14-2;;/h2-12,20H,1H3,(H,25,26);1-7,16H;3-6,9H,1-2H3;2*1H4. The van der Waals surface area contributed by atoms with Gasteiger partial charge in [0.2, 0.25) is 17.9 Å². The molecule has 2 unspecified atom stereocenters. The van der Waals surface area contributed by atoms with Gasteiger partial charge in [-0.05, 0) is 90.5 Å². The lowest BCUT2D eigenvalue weighted by Crippen LogP contribution is -2.18. The number of ether oxygens (including phenoxy) is 4. The molecule has 6 aromatic carbocycles. The van der Waals surface area contributed by atoms with E-state index in [1.54, 1.807) is 73.8 Å². The number of phenols is 1. The zero-order valence-corrected chi connectivity index (χ0v) is 36.8. The van der Waals surface area contributed by atoms with Crippen molar-refractivity contribution < 1.29 is 47.6 Å². The number of methoxy groups -OCH3 is 3. The zero-order valence-electron chi connectivity index (χ0n) is 32.0. The first-order valence-electron chi connectivity index (χ1n) is 17.9. The Morgan fingerprint density at radius 3 is 1.66 bits per heavy atom. The first-order chi connectivity index (χ1) is 29.0. The van der Waals surface area contributed by atoms with Gasteiger partial charge in [0.25, 0.3) is 0 Å². The number of phenolic OH excluding ortho intramolecular Hbond substituents is 1. The van der Waals surface area contributed by atoms with Crippen molar-refractivity contribution in [2.24, 2.45) is 0 Å². The number of para-hydroxylation sites is 4. The van der Waals surface area contributed by atoms with Gasteiger partial charge in [-0.15, -0.1) is 0 Å². The SMILES string of the molecule is C.C.COC(=O)C(Br)c1cccc(OC)c1.COc1cccc(C(Oc2ccc(Br)cc2-c2nc3ccccc3o2)C(=O)O)c1.Oc1ccc(Br)cc1-c1nc2ccccc2o1. The summed E-state index contributed by atoms with van der Waals surface area (Å²) in [5.41, 5.74) is 5.23. The molecule has 62 heavy (non-hydrogen) atoms. The van der Waals surface area contributed by atoms with Gasteiger partial charge in [0.15, 0.2) is 11.2 Å². The van der Waals surface area contributed by atoms with E-state index in [1.807, 2.05) is 66.7 Å². The lowest BCUT2D eigenvalue weighted by atomic mass is 10.1. The van der Waals surface area contributed by atoms with Crippen LogP contribution in [0.1, 0.15) is 36.9 Å². The van der Waals surface area contributed by atoms with Crippen molar-refractivity contribution in [3.05, 3.63) is 154 Å². The van der Waals surface area contributed by atoms with Crippen molar-refractivity contribution in [2.75, 3.05) is 21.3 Å². The van der Waals surface area contributed by atoms with Crippen molar-refractivity contribution in [3.8, 4) is 45.9 Å². The van der Waals surface area contributed by atoms with Gasteiger partial charge in [0.1, 0.15) is 38.9 Å². The van der Waals surface area contributed by atoms with E-state index in [4.69, 9.17) is 23.0 Å². The Balaban J connectivity index is 0.000000219. The van der Waals surface area contributed by atoms with Crippen LogP contribution in [-0.4, -0.2) is 53.4 Å². The third-order valence-electron chi connectivity index (χ3n) is 8.61. The number of carbonyl (C=O) groups excluding carboxylic acids is 1. The summed E-state index contributed by atoms with van der Waals surface area (Å²) in [5.74, 6) is 1.09. The van der Waals surface area contributed by atoms with Crippen LogP contribution in [0.25, 0.3) is 45.1 Å². The molecule has 2 heterocycles. The number of benzene rings is 6. The van der Waals surface area contributed by atoms with Crippen molar-refractivity contribution in [3.63, 3.8) is 0 Å². The van der Waals surface area contributed by atoms with Crippen LogP contribution in [0.15, 0.2) is 151 Å². The minimum absolute atomic E-state index is 0. The number of halogens is 3. The average Bonchev–Trinajstić information content (AvgIpc) is 3.91. The van der Waals surface area contributed by atoms with E-state index in [0.29, 0.717) is 56.7 Å². The first-order valence-corrected chi connectivity index (χ1v) is 20.4. The van der Waals surface area contributed by atoms with Gasteiger partial charge >= 0.3 is 11.9 Å². The van der Waals surface area contributed by atoms with Crippen LogP contribution >= 0.6 is 47.8 Å². The molecule has 0 aliphatic rings. The van der Waals surface area contributed by atoms with Crippen LogP contribution in [0.5, 0.6) is 23.0 Å². The maximum absolute atomic E-state index is 11.9. The van der Waals surface area contributed by atoms with Gasteiger partial charge in [0.05, 0.1) is 32.5 Å². The highest BCUT2D eigenvalue weighted by molar-refractivity contribution is 9.10. The predicted molar refractivity (Wildman–Crippen MR) is 250 cm³/mol. The molecule has 0 saturated carbocycles. The third kappa shape index (κ3) is 12.0. The maximum atomic E-state index is 11.9. The molecule has 15 heteroatoms. The molecule has 2 atom stereocenters. The Hall–Kier alpha value is -6.16. The van der Waals surface area contributed by atoms with E-state index >= 15 is 0 Å². The Morgan fingerprint density at radius 2 is 1.13 bits per heavy atom. The second-order valence-electron chi connectivity index (χ2n) is 12.6. The second kappa shape index (κ2) is 22.6. The molecule has 322 valence electrons. The summed E-state index contributed by atoms with van der Waals surface area (Å²) in [6.07, 6.45) is -1.23. The number of aromatic hydroxyl groups is 1. The van der Waals surface area contributed by atoms with Crippen molar-refractivity contribution in [2.45, 2.75) is 25.8 Å². The number of rotatable bonds is 10. The minimum atomic E-state index is -1.23. The lowest BCUT2D eigenvalue weighted by Gasteiger charge is -2.18. The molecule has 0 amide bonds. The van der Waals surface area contributed by atoms with Crippen molar-refractivity contribution in [1.82, 2.24) is 9.97 Å². The Labute approximate surface area is 383 Å². The van der Waals surface area contributed by atoms with E-state index in [-0.39, 0.29) is 26.6 Å². The molecule has 0 aliphatic heterocycles. The molecular formula is C47H43Br3N2O10. The largest absolute Gasteiger partial charge is 0.507 e. The van der Waals surface area contributed by atoms with Crippen LogP contribution < -0.4 is 14.2 Å². The van der Waals surface area contributed by atoms with Gasteiger partial charge in [0, 0.05) is 14.5 Å². The van der Waals surface area contributed by atoms with Crippen LogP contribution in [0.2, 0.25) is 0 Å². The highest BCUT2D eigenvalue weighted by Gasteiger charge is 2.25. The molecule has 0 spiro atoms. The van der Waals surface area contributed by atoms with Crippen molar-refractivity contribution in [1.29, 1.82) is 0 Å². The van der Waals surface area contributed by atoms with Gasteiger partial charge in [-0.1, -0.05) is 111 Å². The Kier molecular flexibility index (Phi) is 17.7. The molecule has 2 N–H and O–H groups in total. The lowest BCUT2D eigenvalue weighted by molar-refractivity contribution is -0.145. The number of carboxylic acid groups (broad SMARTS) is 1. The molecule has 12 nitrogen and oxygen atoms in total. The summed E-state index contributed by atoms with van der Waals surface area (Å²) < 4.78 is 33.9. The topological polar surface area (TPSA) is 164 Å². The number of hydrogen-bond donors (Lipinski definition) is 2. The molecule has 0 bridgehead atoms. The van der Waals surface area contributed by atoms with Gasteiger partial charge in [-0.3, -0.25) is 4.79 Å². The number of alkyl halides is 1. The minimum Gasteiger partial charge on any atom is -0.507 e. The molecule has 0 saturated heterocycles.